The third-order valence-electron chi connectivity index (χ3n) is 4.64. The van der Waals surface area contributed by atoms with Gasteiger partial charge in [-0.25, -0.2) is 0 Å². The van der Waals surface area contributed by atoms with Crippen molar-refractivity contribution < 1.29 is 9.90 Å². The molecule has 0 aromatic rings. The van der Waals surface area contributed by atoms with Crippen molar-refractivity contribution in [3.05, 3.63) is 0 Å². The third-order valence-corrected chi connectivity index (χ3v) is 4.64. The van der Waals surface area contributed by atoms with E-state index in [2.05, 4.69) is 11.8 Å². The Kier molecular flexibility index (Phi) is 4.43. The van der Waals surface area contributed by atoms with Crippen LogP contribution in [-0.4, -0.2) is 35.1 Å². The zero-order valence-corrected chi connectivity index (χ0v) is 10.9. The predicted molar refractivity (Wildman–Crippen MR) is 68.0 cm³/mol. The molecule has 17 heavy (non-hydrogen) atoms. The second kappa shape index (κ2) is 5.85. The molecule has 0 aromatic carbocycles. The van der Waals surface area contributed by atoms with Crippen LogP contribution >= 0.6 is 0 Å². The van der Waals surface area contributed by atoms with Crippen LogP contribution < -0.4 is 0 Å². The van der Waals surface area contributed by atoms with E-state index in [1.54, 1.807) is 0 Å². The highest BCUT2D eigenvalue weighted by Crippen LogP contribution is 2.32. The van der Waals surface area contributed by atoms with Gasteiger partial charge in [-0.05, 0) is 38.1 Å². The Morgan fingerprint density at radius 3 is 2.71 bits per heavy atom. The van der Waals surface area contributed by atoms with Gasteiger partial charge in [-0.1, -0.05) is 26.2 Å². The Morgan fingerprint density at radius 1 is 1.24 bits per heavy atom. The molecule has 1 saturated heterocycles. The summed E-state index contributed by atoms with van der Waals surface area (Å²) in [6, 6.07) is 0.315. The van der Waals surface area contributed by atoms with Gasteiger partial charge in [0.2, 0.25) is 0 Å². The van der Waals surface area contributed by atoms with Crippen LogP contribution in [0.5, 0.6) is 0 Å². The summed E-state index contributed by atoms with van der Waals surface area (Å²) in [5, 5.41) is 9.34. The summed E-state index contributed by atoms with van der Waals surface area (Å²) in [6.45, 7) is 4.50. The fourth-order valence-electron chi connectivity index (χ4n) is 3.57. The molecule has 0 spiro atoms. The molecule has 3 heteroatoms. The normalized spacial score (nSPS) is 35.7. The Balaban J connectivity index is 2.00. The fraction of sp³-hybridized carbons (Fsp3) is 0.929. The van der Waals surface area contributed by atoms with E-state index in [0.717, 1.165) is 38.3 Å². The average molecular weight is 239 g/mol. The van der Waals surface area contributed by atoms with Crippen molar-refractivity contribution >= 4 is 5.97 Å². The molecule has 2 aliphatic rings. The summed E-state index contributed by atoms with van der Waals surface area (Å²) >= 11 is 0. The number of likely N-dealkylation sites (tertiary alicyclic amines) is 1. The SMILES string of the molecule is CCC1CCCN(C2CCCCC2C(=O)O)C1. The molecule has 1 N–H and O–H groups in total. The van der Waals surface area contributed by atoms with E-state index in [1.807, 2.05) is 0 Å². The van der Waals surface area contributed by atoms with Crippen molar-refractivity contribution in [2.75, 3.05) is 13.1 Å². The van der Waals surface area contributed by atoms with Crippen LogP contribution in [0.3, 0.4) is 0 Å². The number of rotatable bonds is 3. The van der Waals surface area contributed by atoms with E-state index < -0.39 is 5.97 Å². The zero-order valence-electron chi connectivity index (χ0n) is 10.9. The summed E-state index contributed by atoms with van der Waals surface area (Å²) < 4.78 is 0. The highest BCUT2D eigenvalue weighted by molar-refractivity contribution is 5.71. The molecule has 0 aromatic heterocycles. The summed E-state index contributed by atoms with van der Waals surface area (Å²) in [5.41, 5.74) is 0. The van der Waals surface area contributed by atoms with E-state index in [0.29, 0.717) is 6.04 Å². The third kappa shape index (κ3) is 3.01. The largest absolute Gasteiger partial charge is 0.481 e. The van der Waals surface area contributed by atoms with Crippen molar-refractivity contribution in [2.24, 2.45) is 11.8 Å². The maximum absolute atomic E-state index is 11.3. The molecule has 3 nitrogen and oxygen atoms in total. The molecule has 0 radical (unpaired) electrons. The molecule has 3 atom stereocenters. The lowest BCUT2D eigenvalue weighted by Gasteiger charge is -2.42. The fourth-order valence-corrected chi connectivity index (χ4v) is 3.57. The number of aliphatic carboxylic acids is 1. The van der Waals surface area contributed by atoms with E-state index >= 15 is 0 Å². The van der Waals surface area contributed by atoms with Gasteiger partial charge in [0.1, 0.15) is 0 Å². The minimum absolute atomic E-state index is 0.112. The minimum Gasteiger partial charge on any atom is -0.481 e. The molecule has 2 rings (SSSR count). The van der Waals surface area contributed by atoms with Crippen molar-refractivity contribution in [1.29, 1.82) is 0 Å². The van der Waals surface area contributed by atoms with Crippen molar-refractivity contribution in [3.8, 4) is 0 Å². The highest BCUT2D eigenvalue weighted by Gasteiger charge is 2.36. The Labute approximate surface area is 104 Å². The molecule has 0 bridgehead atoms. The molecular weight excluding hydrogens is 214 g/mol. The van der Waals surface area contributed by atoms with E-state index in [4.69, 9.17) is 0 Å². The minimum atomic E-state index is -0.576. The van der Waals surface area contributed by atoms with Crippen molar-refractivity contribution in [2.45, 2.75) is 57.9 Å². The number of carbonyl (C=O) groups is 1. The Morgan fingerprint density at radius 2 is 2.00 bits per heavy atom. The molecule has 1 saturated carbocycles. The van der Waals surface area contributed by atoms with Gasteiger partial charge in [0.05, 0.1) is 5.92 Å². The van der Waals surface area contributed by atoms with Gasteiger partial charge in [-0.2, -0.15) is 0 Å². The molecule has 0 amide bonds. The van der Waals surface area contributed by atoms with Crippen LogP contribution in [-0.2, 0) is 4.79 Å². The lowest BCUT2D eigenvalue weighted by Crippen LogP contribution is -2.49. The van der Waals surface area contributed by atoms with Crippen LogP contribution in [0.2, 0.25) is 0 Å². The van der Waals surface area contributed by atoms with Gasteiger partial charge in [-0.3, -0.25) is 9.69 Å². The topological polar surface area (TPSA) is 40.5 Å². The van der Waals surface area contributed by atoms with E-state index in [1.165, 1.54) is 25.7 Å². The second-order valence-corrected chi connectivity index (χ2v) is 5.71. The van der Waals surface area contributed by atoms with Gasteiger partial charge in [0.25, 0.3) is 0 Å². The van der Waals surface area contributed by atoms with Gasteiger partial charge < -0.3 is 5.11 Å². The van der Waals surface area contributed by atoms with Crippen LogP contribution in [0.1, 0.15) is 51.9 Å². The van der Waals surface area contributed by atoms with Crippen molar-refractivity contribution in [3.63, 3.8) is 0 Å². The number of hydrogen-bond acceptors (Lipinski definition) is 2. The van der Waals surface area contributed by atoms with Gasteiger partial charge in [0, 0.05) is 12.6 Å². The quantitative estimate of drug-likeness (QED) is 0.823. The molecule has 3 unspecified atom stereocenters. The Hall–Kier alpha value is -0.570. The van der Waals surface area contributed by atoms with E-state index in [9.17, 15) is 9.90 Å². The van der Waals surface area contributed by atoms with Crippen molar-refractivity contribution in [1.82, 2.24) is 4.90 Å². The first kappa shape index (κ1) is 12.9. The monoisotopic (exact) mass is 239 g/mol. The van der Waals surface area contributed by atoms with Gasteiger partial charge in [0.15, 0.2) is 0 Å². The standard InChI is InChI=1S/C14H25NO2/c1-2-11-6-5-9-15(10-11)13-8-4-3-7-12(13)14(16)17/h11-13H,2-10H2,1H3,(H,16,17). The molecule has 1 aliphatic carbocycles. The molecule has 1 heterocycles. The molecule has 2 fully saturated rings. The average Bonchev–Trinajstić information content (AvgIpc) is 2.39. The Bertz CT molecular complexity index is 267. The first-order valence-corrected chi connectivity index (χ1v) is 7.19. The summed E-state index contributed by atoms with van der Waals surface area (Å²) in [7, 11) is 0. The second-order valence-electron chi connectivity index (χ2n) is 5.71. The maximum atomic E-state index is 11.3. The van der Waals surface area contributed by atoms with Gasteiger partial charge in [-0.15, -0.1) is 0 Å². The van der Waals surface area contributed by atoms with Crippen LogP contribution in [0.15, 0.2) is 0 Å². The predicted octanol–water partition coefficient (Wildman–Crippen LogP) is 2.75. The van der Waals surface area contributed by atoms with Crippen LogP contribution in [0.25, 0.3) is 0 Å². The number of hydrogen-bond donors (Lipinski definition) is 1. The maximum Gasteiger partial charge on any atom is 0.308 e. The zero-order chi connectivity index (χ0) is 12.3. The highest BCUT2D eigenvalue weighted by atomic mass is 16.4. The lowest BCUT2D eigenvalue weighted by molar-refractivity contribution is -0.146. The summed E-state index contributed by atoms with van der Waals surface area (Å²) in [6.07, 6.45) is 8.10. The van der Waals surface area contributed by atoms with Crippen LogP contribution in [0.4, 0.5) is 0 Å². The molecule has 1 aliphatic heterocycles. The molecular formula is C14H25NO2. The van der Waals surface area contributed by atoms with E-state index in [-0.39, 0.29) is 5.92 Å². The number of nitrogens with zero attached hydrogens (tertiary/aromatic N) is 1. The number of piperidine rings is 1. The first-order chi connectivity index (χ1) is 8.22. The van der Waals surface area contributed by atoms with Gasteiger partial charge >= 0.3 is 5.97 Å². The molecule has 98 valence electrons. The summed E-state index contributed by atoms with van der Waals surface area (Å²) in [5.74, 6) is 0.104. The smallest absolute Gasteiger partial charge is 0.308 e. The van der Waals surface area contributed by atoms with Crippen LogP contribution in [0, 0.1) is 11.8 Å². The summed E-state index contributed by atoms with van der Waals surface area (Å²) in [4.78, 5) is 13.8. The number of carboxylic acids is 1. The first-order valence-electron chi connectivity index (χ1n) is 7.19. The lowest BCUT2D eigenvalue weighted by atomic mass is 9.82. The number of carboxylic acid groups (broad SMARTS) is 1.